The van der Waals surface area contributed by atoms with Gasteiger partial charge in [0, 0.05) is 17.1 Å². The second-order valence-electron chi connectivity index (χ2n) is 4.86. The van der Waals surface area contributed by atoms with Crippen molar-refractivity contribution in [2.24, 2.45) is 0 Å². The molecule has 0 radical (unpaired) electrons. The predicted molar refractivity (Wildman–Crippen MR) is 84.8 cm³/mol. The summed E-state index contributed by atoms with van der Waals surface area (Å²) in [6.45, 7) is 0.450. The third kappa shape index (κ3) is 4.74. The SMILES string of the molecule is COc1ccc(Cl)cc1CC(=O)NCCc1cccc(F)c1. The van der Waals surface area contributed by atoms with Crippen LogP contribution in [-0.4, -0.2) is 19.6 Å². The highest BCUT2D eigenvalue weighted by Crippen LogP contribution is 2.22. The minimum absolute atomic E-state index is 0.128. The van der Waals surface area contributed by atoms with E-state index in [1.807, 2.05) is 6.07 Å². The molecule has 22 heavy (non-hydrogen) atoms. The zero-order valence-electron chi connectivity index (χ0n) is 12.2. The minimum atomic E-state index is -0.271. The van der Waals surface area contributed by atoms with Crippen LogP contribution in [0.5, 0.6) is 5.75 Å². The van der Waals surface area contributed by atoms with Crippen molar-refractivity contribution in [3.05, 3.63) is 64.4 Å². The summed E-state index contributed by atoms with van der Waals surface area (Å²) in [7, 11) is 1.55. The van der Waals surface area contributed by atoms with Gasteiger partial charge in [0.1, 0.15) is 11.6 Å². The first-order valence-electron chi connectivity index (χ1n) is 6.92. The van der Waals surface area contributed by atoms with Gasteiger partial charge in [-0.15, -0.1) is 0 Å². The van der Waals surface area contributed by atoms with E-state index in [0.29, 0.717) is 23.7 Å². The predicted octanol–water partition coefficient (Wildman–Crippen LogP) is 3.39. The van der Waals surface area contributed by atoms with E-state index in [2.05, 4.69) is 5.32 Å². The van der Waals surface area contributed by atoms with Gasteiger partial charge >= 0.3 is 0 Å². The second kappa shape index (κ2) is 7.80. The van der Waals surface area contributed by atoms with Crippen molar-refractivity contribution in [2.75, 3.05) is 13.7 Å². The van der Waals surface area contributed by atoms with E-state index in [1.165, 1.54) is 12.1 Å². The Bertz CT molecular complexity index is 661. The Morgan fingerprint density at radius 1 is 1.27 bits per heavy atom. The van der Waals surface area contributed by atoms with Crippen LogP contribution in [0, 0.1) is 5.82 Å². The van der Waals surface area contributed by atoms with Crippen molar-refractivity contribution in [1.29, 1.82) is 0 Å². The largest absolute Gasteiger partial charge is 0.496 e. The van der Waals surface area contributed by atoms with Crippen LogP contribution < -0.4 is 10.1 Å². The number of hydrogen-bond donors (Lipinski definition) is 1. The van der Waals surface area contributed by atoms with E-state index < -0.39 is 0 Å². The van der Waals surface area contributed by atoms with Gasteiger partial charge in [0.2, 0.25) is 5.91 Å². The van der Waals surface area contributed by atoms with Crippen molar-refractivity contribution >= 4 is 17.5 Å². The third-order valence-electron chi connectivity index (χ3n) is 3.22. The number of rotatable bonds is 6. The van der Waals surface area contributed by atoms with Gasteiger partial charge < -0.3 is 10.1 Å². The highest BCUT2D eigenvalue weighted by atomic mass is 35.5. The highest BCUT2D eigenvalue weighted by molar-refractivity contribution is 6.30. The van der Waals surface area contributed by atoms with Gasteiger partial charge in [0.15, 0.2) is 0 Å². The fourth-order valence-corrected chi connectivity index (χ4v) is 2.35. The van der Waals surface area contributed by atoms with Gasteiger partial charge in [-0.2, -0.15) is 0 Å². The highest BCUT2D eigenvalue weighted by Gasteiger charge is 2.09. The van der Waals surface area contributed by atoms with Crippen LogP contribution in [0.25, 0.3) is 0 Å². The number of amides is 1. The molecule has 0 saturated heterocycles. The second-order valence-corrected chi connectivity index (χ2v) is 5.30. The number of ether oxygens (including phenoxy) is 1. The molecule has 0 aliphatic heterocycles. The summed E-state index contributed by atoms with van der Waals surface area (Å²) in [5.74, 6) is 0.231. The van der Waals surface area contributed by atoms with Crippen molar-refractivity contribution in [1.82, 2.24) is 5.32 Å². The molecular weight excluding hydrogens is 305 g/mol. The molecule has 2 aromatic rings. The van der Waals surface area contributed by atoms with Gasteiger partial charge in [-0.3, -0.25) is 4.79 Å². The minimum Gasteiger partial charge on any atom is -0.496 e. The van der Waals surface area contributed by atoms with Gasteiger partial charge in [-0.05, 0) is 42.3 Å². The van der Waals surface area contributed by atoms with Gasteiger partial charge in [-0.1, -0.05) is 23.7 Å². The van der Waals surface area contributed by atoms with Gasteiger partial charge in [-0.25, -0.2) is 4.39 Å². The molecule has 116 valence electrons. The molecule has 0 fully saturated rings. The summed E-state index contributed by atoms with van der Waals surface area (Å²) < 4.78 is 18.3. The lowest BCUT2D eigenvalue weighted by Crippen LogP contribution is -2.27. The van der Waals surface area contributed by atoms with Crippen LogP contribution >= 0.6 is 11.6 Å². The monoisotopic (exact) mass is 321 g/mol. The number of halogens is 2. The molecule has 2 rings (SSSR count). The molecule has 0 spiro atoms. The van der Waals surface area contributed by atoms with Crippen LogP contribution in [0.1, 0.15) is 11.1 Å². The van der Waals surface area contributed by atoms with Crippen molar-refractivity contribution in [3.63, 3.8) is 0 Å². The Morgan fingerprint density at radius 3 is 2.82 bits per heavy atom. The Labute approximate surface area is 134 Å². The molecule has 2 aromatic carbocycles. The molecule has 0 aromatic heterocycles. The molecule has 0 aliphatic carbocycles. The fraction of sp³-hybridized carbons (Fsp3) is 0.235. The molecule has 0 heterocycles. The summed E-state index contributed by atoms with van der Waals surface area (Å²) in [5, 5.41) is 3.37. The van der Waals surface area contributed by atoms with Crippen molar-refractivity contribution in [2.45, 2.75) is 12.8 Å². The third-order valence-corrected chi connectivity index (χ3v) is 3.45. The van der Waals surface area contributed by atoms with Gasteiger partial charge in [0.25, 0.3) is 0 Å². The maximum Gasteiger partial charge on any atom is 0.224 e. The molecule has 3 nitrogen and oxygen atoms in total. The lowest BCUT2D eigenvalue weighted by atomic mass is 10.1. The maximum atomic E-state index is 13.0. The zero-order chi connectivity index (χ0) is 15.9. The van der Waals surface area contributed by atoms with Crippen molar-refractivity contribution in [3.8, 4) is 5.75 Å². The van der Waals surface area contributed by atoms with Crippen LogP contribution in [-0.2, 0) is 17.6 Å². The van der Waals surface area contributed by atoms with E-state index in [9.17, 15) is 9.18 Å². The van der Waals surface area contributed by atoms with Crippen LogP contribution in [0.3, 0.4) is 0 Å². The Kier molecular flexibility index (Phi) is 5.78. The number of hydrogen-bond acceptors (Lipinski definition) is 2. The Morgan fingerprint density at radius 2 is 2.09 bits per heavy atom. The molecule has 0 bridgehead atoms. The van der Waals surface area contributed by atoms with Crippen LogP contribution in [0.4, 0.5) is 4.39 Å². The average Bonchev–Trinajstić information content (AvgIpc) is 2.47. The van der Waals surface area contributed by atoms with E-state index in [1.54, 1.807) is 31.4 Å². The maximum absolute atomic E-state index is 13.0. The summed E-state index contributed by atoms with van der Waals surface area (Å²) in [6, 6.07) is 11.5. The van der Waals surface area contributed by atoms with Crippen LogP contribution in [0.15, 0.2) is 42.5 Å². The van der Waals surface area contributed by atoms with E-state index in [0.717, 1.165) is 11.1 Å². The first kappa shape index (κ1) is 16.3. The quantitative estimate of drug-likeness (QED) is 0.885. The zero-order valence-corrected chi connectivity index (χ0v) is 13.0. The van der Waals surface area contributed by atoms with E-state index in [4.69, 9.17) is 16.3 Å². The number of carbonyl (C=O) groups is 1. The number of nitrogens with one attached hydrogen (secondary N) is 1. The number of methoxy groups -OCH3 is 1. The number of carbonyl (C=O) groups excluding carboxylic acids is 1. The molecule has 1 N–H and O–H groups in total. The fourth-order valence-electron chi connectivity index (χ4n) is 2.16. The molecule has 0 saturated carbocycles. The first-order chi connectivity index (χ1) is 10.6. The lowest BCUT2D eigenvalue weighted by molar-refractivity contribution is -0.120. The van der Waals surface area contributed by atoms with Gasteiger partial charge in [0.05, 0.1) is 13.5 Å². The molecule has 1 amide bonds. The van der Waals surface area contributed by atoms with E-state index in [-0.39, 0.29) is 18.1 Å². The number of benzene rings is 2. The standard InChI is InChI=1S/C17H17ClFNO2/c1-22-16-6-5-14(18)10-13(16)11-17(21)20-8-7-12-3-2-4-15(19)9-12/h2-6,9-10H,7-8,11H2,1H3,(H,20,21). The van der Waals surface area contributed by atoms with Crippen LogP contribution in [0.2, 0.25) is 5.02 Å². The molecular formula is C17H17ClFNO2. The van der Waals surface area contributed by atoms with E-state index >= 15 is 0 Å². The van der Waals surface area contributed by atoms with Crippen molar-refractivity contribution < 1.29 is 13.9 Å². The Hall–Kier alpha value is -2.07. The smallest absolute Gasteiger partial charge is 0.224 e. The molecule has 0 aliphatic rings. The molecule has 0 atom stereocenters. The summed E-state index contributed by atoms with van der Waals surface area (Å²) in [5.41, 5.74) is 1.58. The normalized spacial score (nSPS) is 10.3. The lowest BCUT2D eigenvalue weighted by Gasteiger charge is -2.09. The average molecular weight is 322 g/mol. The molecule has 5 heteroatoms. The Balaban J connectivity index is 1.87. The molecule has 0 unspecified atom stereocenters. The summed E-state index contributed by atoms with van der Waals surface area (Å²) >= 11 is 5.93. The topological polar surface area (TPSA) is 38.3 Å². The first-order valence-corrected chi connectivity index (χ1v) is 7.30. The summed E-state index contributed by atoms with van der Waals surface area (Å²) in [6.07, 6.45) is 0.767. The summed E-state index contributed by atoms with van der Waals surface area (Å²) in [4.78, 5) is 12.0.